The van der Waals surface area contributed by atoms with Crippen LogP contribution in [0.25, 0.3) is 0 Å². The van der Waals surface area contributed by atoms with E-state index in [2.05, 4.69) is 10.3 Å². The van der Waals surface area contributed by atoms with Crippen molar-refractivity contribution < 1.29 is 9.53 Å². The van der Waals surface area contributed by atoms with Crippen LogP contribution in [0.15, 0.2) is 24.5 Å². The van der Waals surface area contributed by atoms with Crippen molar-refractivity contribution in [3.05, 3.63) is 30.1 Å². The Hall–Kier alpha value is -1.17. The van der Waals surface area contributed by atoms with E-state index in [1.807, 2.05) is 17.0 Å². The number of methoxy groups -OCH3 is 1. The van der Waals surface area contributed by atoms with Crippen LogP contribution in [0.4, 0.5) is 0 Å². The predicted molar refractivity (Wildman–Crippen MR) is 79.9 cm³/mol. The van der Waals surface area contributed by atoms with E-state index in [1.165, 1.54) is 5.56 Å². The minimum absolute atomic E-state index is 0. The molecule has 1 amide bonds. The van der Waals surface area contributed by atoms with E-state index >= 15 is 0 Å². The third-order valence-electron chi connectivity index (χ3n) is 3.42. The van der Waals surface area contributed by atoms with Gasteiger partial charge in [0.15, 0.2) is 0 Å². The molecule has 1 N–H and O–H groups in total. The molecular weight excluding hydrogens is 278 g/mol. The number of carbonyl (C=O) groups excluding carboxylic acids is 1. The molecule has 1 aliphatic rings. The minimum atomic E-state index is 0. The molecule has 2 heterocycles. The second kappa shape index (κ2) is 8.89. The minimum Gasteiger partial charge on any atom is -0.383 e. The Morgan fingerprint density at radius 3 is 2.95 bits per heavy atom. The van der Waals surface area contributed by atoms with Gasteiger partial charge >= 0.3 is 0 Å². The van der Waals surface area contributed by atoms with E-state index in [0.717, 1.165) is 19.4 Å². The summed E-state index contributed by atoms with van der Waals surface area (Å²) in [5.74, 6) is 0.162. The summed E-state index contributed by atoms with van der Waals surface area (Å²) in [6.45, 7) is 2.56. The Kier molecular flexibility index (Phi) is 7.51. The average Bonchev–Trinajstić information content (AvgIpc) is 2.94. The van der Waals surface area contributed by atoms with Crippen LogP contribution in [-0.2, 0) is 9.53 Å². The molecule has 1 aliphatic heterocycles. The molecule has 1 aromatic heterocycles. The number of carbonyl (C=O) groups is 1. The summed E-state index contributed by atoms with van der Waals surface area (Å²) < 4.78 is 4.95. The second-order valence-electron chi connectivity index (χ2n) is 4.70. The fourth-order valence-electron chi connectivity index (χ4n) is 2.47. The van der Waals surface area contributed by atoms with E-state index in [-0.39, 0.29) is 24.4 Å². The van der Waals surface area contributed by atoms with Crippen molar-refractivity contribution in [1.82, 2.24) is 15.2 Å². The lowest BCUT2D eigenvalue weighted by atomic mass is 10.1. The van der Waals surface area contributed by atoms with Gasteiger partial charge in [0.05, 0.1) is 19.2 Å². The van der Waals surface area contributed by atoms with Gasteiger partial charge in [0.2, 0.25) is 5.91 Å². The van der Waals surface area contributed by atoms with Crippen LogP contribution in [0.5, 0.6) is 0 Å². The van der Waals surface area contributed by atoms with Crippen LogP contribution in [0.2, 0.25) is 0 Å². The third kappa shape index (κ3) is 4.44. The van der Waals surface area contributed by atoms with Crippen LogP contribution >= 0.6 is 12.4 Å². The maximum absolute atomic E-state index is 12.2. The van der Waals surface area contributed by atoms with Gasteiger partial charge in [-0.15, -0.1) is 12.4 Å². The molecule has 1 aromatic rings. The van der Waals surface area contributed by atoms with Crippen LogP contribution in [0.3, 0.4) is 0 Å². The van der Waals surface area contributed by atoms with Gasteiger partial charge in [0, 0.05) is 32.6 Å². The number of hydrogen-bond donors (Lipinski definition) is 1. The number of pyridine rings is 1. The molecule has 1 saturated heterocycles. The Labute approximate surface area is 126 Å². The summed E-state index contributed by atoms with van der Waals surface area (Å²) in [5, 5.41) is 3.11. The quantitative estimate of drug-likeness (QED) is 0.807. The maximum Gasteiger partial charge on any atom is 0.237 e. The highest BCUT2D eigenvalue weighted by Crippen LogP contribution is 2.31. The molecule has 1 unspecified atom stereocenters. The number of hydrogen-bond acceptors (Lipinski definition) is 4. The van der Waals surface area contributed by atoms with Gasteiger partial charge in [0.1, 0.15) is 0 Å². The van der Waals surface area contributed by atoms with E-state index in [1.54, 1.807) is 19.5 Å². The van der Waals surface area contributed by atoms with E-state index in [4.69, 9.17) is 4.74 Å². The lowest BCUT2D eigenvalue weighted by Gasteiger charge is -2.25. The van der Waals surface area contributed by atoms with Crippen molar-refractivity contribution in [2.75, 3.05) is 33.4 Å². The molecule has 0 spiro atoms. The standard InChI is InChI=1S/C14H21N3O2.ClH/c1-19-10-8-16-11-14(18)17-9-2-3-13(17)12-4-6-15-7-5-12;/h4-7,13,16H,2-3,8-11H2,1H3;1H. The van der Waals surface area contributed by atoms with Gasteiger partial charge in [-0.25, -0.2) is 0 Å². The smallest absolute Gasteiger partial charge is 0.237 e. The largest absolute Gasteiger partial charge is 0.383 e. The van der Waals surface area contributed by atoms with Gasteiger partial charge in [-0.1, -0.05) is 0 Å². The van der Waals surface area contributed by atoms with Crippen molar-refractivity contribution in [3.63, 3.8) is 0 Å². The van der Waals surface area contributed by atoms with E-state index in [9.17, 15) is 4.79 Å². The van der Waals surface area contributed by atoms with Gasteiger partial charge in [-0.3, -0.25) is 9.78 Å². The average molecular weight is 300 g/mol. The molecule has 20 heavy (non-hydrogen) atoms. The van der Waals surface area contributed by atoms with Gasteiger partial charge < -0.3 is 15.0 Å². The topological polar surface area (TPSA) is 54.5 Å². The molecule has 2 rings (SSSR count). The number of amides is 1. The summed E-state index contributed by atoms with van der Waals surface area (Å²) in [7, 11) is 1.66. The Morgan fingerprint density at radius 2 is 2.25 bits per heavy atom. The summed E-state index contributed by atoms with van der Waals surface area (Å²) >= 11 is 0. The van der Waals surface area contributed by atoms with Gasteiger partial charge in [0.25, 0.3) is 0 Å². The number of halogens is 1. The molecule has 0 saturated carbocycles. The predicted octanol–water partition coefficient (Wildman–Crippen LogP) is 1.40. The van der Waals surface area contributed by atoms with E-state index < -0.39 is 0 Å². The Bertz CT molecular complexity index is 403. The zero-order valence-electron chi connectivity index (χ0n) is 11.7. The summed E-state index contributed by atoms with van der Waals surface area (Å²) in [5.41, 5.74) is 1.18. The monoisotopic (exact) mass is 299 g/mol. The highest BCUT2D eigenvalue weighted by Gasteiger charge is 2.29. The molecule has 1 atom stereocenters. The number of ether oxygens (including phenoxy) is 1. The van der Waals surface area contributed by atoms with Crippen LogP contribution in [0, 0.1) is 0 Å². The normalized spacial score (nSPS) is 17.9. The molecule has 0 aliphatic carbocycles. The molecule has 0 radical (unpaired) electrons. The number of nitrogens with one attached hydrogen (secondary N) is 1. The summed E-state index contributed by atoms with van der Waals surface area (Å²) in [4.78, 5) is 18.2. The number of rotatable bonds is 6. The van der Waals surface area contributed by atoms with Gasteiger partial charge in [-0.05, 0) is 30.5 Å². The molecular formula is C14H22ClN3O2. The highest BCUT2D eigenvalue weighted by molar-refractivity contribution is 5.85. The fourth-order valence-corrected chi connectivity index (χ4v) is 2.47. The molecule has 5 nitrogen and oxygen atoms in total. The zero-order valence-corrected chi connectivity index (χ0v) is 12.6. The second-order valence-corrected chi connectivity index (χ2v) is 4.70. The Balaban J connectivity index is 0.00000200. The molecule has 6 heteroatoms. The van der Waals surface area contributed by atoms with Crippen molar-refractivity contribution in [2.24, 2.45) is 0 Å². The number of aromatic nitrogens is 1. The third-order valence-corrected chi connectivity index (χ3v) is 3.42. The Morgan fingerprint density at radius 1 is 1.50 bits per heavy atom. The first-order valence-corrected chi connectivity index (χ1v) is 6.72. The van der Waals surface area contributed by atoms with Crippen molar-refractivity contribution in [3.8, 4) is 0 Å². The van der Waals surface area contributed by atoms with Crippen molar-refractivity contribution in [1.29, 1.82) is 0 Å². The summed E-state index contributed by atoms with van der Waals surface area (Å²) in [6.07, 6.45) is 5.67. The molecule has 0 bridgehead atoms. The van der Waals surface area contributed by atoms with Crippen LogP contribution < -0.4 is 5.32 Å². The fraction of sp³-hybridized carbons (Fsp3) is 0.571. The van der Waals surface area contributed by atoms with Crippen LogP contribution in [0.1, 0.15) is 24.4 Å². The lowest BCUT2D eigenvalue weighted by molar-refractivity contribution is -0.131. The zero-order chi connectivity index (χ0) is 13.5. The first-order valence-electron chi connectivity index (χ1n) is 6.72. The first kappa shape index (κ1) is 16.9. The van der Waals surface area contributed by atoms with Crippen molar-refractivity contribution >= 4 is 18.3 Å². The lowest BCUT2D eigenvalue weighted by Crippen LogP contribution is -2.38. The number of nitrogens with zero attached hydrogens (tertiary/aromatic N) is 2. The SMILES string of the molecule is COCCNCC(=O)N1CCCC1c1ccncc1.Cl. The number of likely N-dealkylation sites (tertiary alicyclic amines) is 1. The molecule has 0 aromatic carbocycles. The molecule has 1 fully saturated rings. The molecule has 112 valence electrons. The maximum atomic E-state index is 12.2. The first-order chi connectivity index (χ1) is 9.33. The van der Waals surface area contributed by atoms with Crippen molar-refractivity contribution in [2.45, 2.75) is 18.9 Å². The highest BCUT2D eigenvalue weighted by atomic mass is 35.5. The van der Waals surface area contributed by atoms with E-state index in [0.29, 0.717) is 19.7 Å². The van der Waals surface area contributed by atoms with Crippen LogP contribution in [-0.4, -0.2) is 49.1 Å². The summed E-state index contributed by atoms with van der Waals surface area (Å²) in [6, 6.07) is 4.20. The van der Waals surface area contributed by atoms with Gasteiger partial charge in [-0.2, -0.15) is 0 Å².